The van der Waals surface area contributed by atoms with Crippen LogP contribution >= 0.6 is 11.6 Å². The van der Waals surface area contributed by atoms with Crippen LogP contribution in [0.2, 0.25) is 5.02 Å². The van der Waals surface area contributed by atoms with E-state index in [4.69, 9.17) is 21.4 Å². The summed E-state index contributed by atoms with van der Waals surface area (Å²) < 4.78 is 5.08. The zero-order valence-electron chi connectivity index (χ0n) is 10.9. The minimum absolute atomic E-state index is 0.0329. The molecule has 0 heterocycles. The molecule has 0 aliphatic heterocycles. The number of hydrogen-bond acceptors (Lipinski definition) is 3. The molecule has 0 aromatic heterocycles. The van der Waals surface area contributed by atoms with Gasteiger partial charge in [-0.2, -0.15) is 0 Å². The first-order valence-electron chi connectivity index (χ1n) is 5.49. The fourth-order valence-corrected chi connectivity index (χ4v) is 2.10. The second kappa shape index (κ2) is 5.06. The summed E-state index contributed by atoms with van der Waals surface area (Å²) in [4.78, 5) is 11.1. The zero-order valence-corrected chi connectivity index (χ0v) is 11.6. The summed E-state index contributed by atoms with van der Waals surface area (Å²) in [6, 6.07) is 1.55. The monoisotopic (exact) mass is 272 g/mol. The molecule has 100 valence electrons. The molecular weight excluding hydrogens is 256 g/mol. The molecule has 0 aliphatic carbocycles. The van der Waals surface area contributed by atoms with Gasteiger partial charge in [0.25, 0.3) is 0 Å². The van der Waals surface area contributed by atoms with Crippen LogP contribution < -0.4 is 4.74 Å². The largest absolute Gasteiger partial charge is 0.507 e. The molecule has 2 N–H and O–H groups in total. The summed E-state index contributed by atoms with van der Waals surface area (Å²) in [5.74, 6) is -0.483. The van der Waals surface area contributed by atoms with E-state index >= 15 is 0 Å². The number of carboxylic acid groups (broad SMARTS) is 1. The molecule has 1 aromatic carbocycles. The van der Waals surface area contributed by atoms with Gasteiger partial charge < -0.3 is 14.9 Å². The van der Waals surface area contributed by atoms with Gasteiger partial charge in [0, 0.05) is 5.56 Å². The molecular formula is C13H17ClO4. The van der Waals surface area contributed by atoms with Crippen molar-refractivity contribution in [2.45, 2.75) is 27.2 Å². The molecule has 0 spiro atoms. The quantitative estimate of drug-likeness (QED) is 0.884. The van der Waals surface area contributed by atoms with E-state index in [0.717, 1.165) is 0 Å². The third kappa shape index (κ3) is 2.70. The lowest BCUT2D eigenvalue weighted by Gasteiger charge is -2.21. The molecule has 18 heavy (non-hydrogen) atoms. The normalized spacial score (nSPS) is 11.4. The van der Waals surface area contributed by atoms with Crippen LogP contribution in [0.4, 0.5) is 0 Å². The molecule has 1 rings (SSSR count). The number of phenols is 1. The van der Waals surface area contributed by atoms with Gasteiger partial charge in [0.1, 0.15) is 11.5 Å². The van der Waals surface area contributed by atoms with Gasteiger partial charge in [-0.1, -0.05) is 11.6 Å². The number of rotatable bonds is 4. The van der Waals surface area contributed by atoms with Gasteiger partial charge >= 0.3 is 5.97 Å². The van der Waals surface area contributed by atoms with Crippen LogP contribution in [0.3, 0.4) is 0 Å². The van der Waals surface area contributed by atoms with E-state index in [0.29, 0.717) is 21.9 Å². The summed E-state index contributed by atoms with van der Waals surface area (Å²) >= 11 is 6.03. The van der Waals surface area contributed by atoms with Gasteiger partial charge in [-0.15, -0.1) is 0 Å². The summed E-state index contributed by atoms with van der Waals surface area (Å²) in [6.45, 7) is 4.88. The number of hydrogen-bond donors (Lipinski definition) is 2. The minimum atomic E-state index is -0.970. The first-order valence-corrected chi connectivity index (χ1v) is 5.87. The summed E-state index contributed by atoms with van der Waals surface area (Å²) in [5.41, 5.74) is 0.0499. The number of halogens is 1. The van der Waals surface area contributed by atoms with Gasteiger partial charge in [-0.3, -0.25) is 4.79 Å². The smallest absolute Gasteiger partial charge is 0.309 e. The minimum Gasteiger partial charge on any atom is -0.507 e. The average molecular weight is 273 g/mol. The Labute approximate surface area is 111 Å². The Morgan fingerprint density at radius 1 is 1.50 bits per heavy atom. The number of aliphatic carboxylic acids is 1. The molecule has 0 saturated carbocycles. The van der Waals surface area contributed by atoms with Crippen LogP contribution in [0.15, 0.2) is 6.07 Å². The van der Waals surface area contributed by atoms with Crippen molar-refractivity contribution in [2.75, 3.05) is 7.11 Å². The zero-order chi connectivity index (χ0) is 14.1. The second-order valence-corrected chi connectivity index (χ2v) is 5.30. The van der Waals surface area contributed by atoms with Crippen LogP contribution in [-0.4, -0.2) is 23.3 Å². The number of carbonyl (C=O) groups is 1. The lowest BCUT2D eigenvalue weighted by Crippen LogP contribution is -2.26. The van der Waals surface area contributed by atoms with E-state index in [1.54, 1.807) is 26.8 Å². The Balaban J connectivity index is 3.24. The summed E-state index contributed by atoms with van der Waals surface area (Å²) in [6.07, 6.45) is 0.193. The number of benzene rings is 1. The molecule has 0 unspecified atom stereocenters. The predicted octanol–water partition coefficient (Wildman–Crippen LogP) is 3.02. The fraction of sp³-hybridized carbons (Fsp3) is 0.462. The lowest BCUT2D eigenvalue weighted by atomic mass is 9.85. The van der Waals surface area contributed by atoms with Crippen molar-refractivity contribution in [3.8, 4) is 11.5 Å². The summed E-state index contributed by atoms with van der Waals surface area (Å²) in [7, 11) is 1.47. The molecule has 0 amide bonds. The topological polar surface area (TPSA) is 66.8 Å². The highest BCUT2D eigenvalue weighted by Crippen LogP contribution is 2.39. The SMILES string of the molecule is COc1c(Cl)cc(CC(C)(C)C(=O)O)c(O)c1C. The van der Waals surface area contributed by atoms with Gasteiger partial charge in [0.2, 0.25) is 0 Å². The Kier molecular flexibility index (Phi) is 4.12. The predicted molar refractivity (Wildman–Crippen MR) is 69.5 cm³/mol. The van der Waals surface area contributed by atoms with Crippen LogP contribution in [0.25, 0.3) is 0 Å². The van der Waals surface area contributed by atoms with E-state index in [2.05, 4.69) is 0 Å². The Morgan fingerprint density at radius 2 is 2.06 bits per heavy atom. The van der Waals surface area contributed by atoms with Crippen molar-refractivity contribution < 1.29 is 19.7 Å². The van der Waals surface area contributed by atoms with E-state index < -0.39 is 11.4 Å². The van der Waals surface area contributed by atoms with Crippen LogP contribution in [0, 0.1) is 12.3 Å². The highest BCUT2D eigenvalue weighted by molar-refractivity contribution is 6.32. The maximum atomic E-state index is 11.1. The van der Waals surface area contributed by atoms with Crippen molar-refractivity contribution in [2.24, 2.45) is 5.41 Å². The Hall–Kier alpha value is -1.42. The molecule has 4 nitrogen and oxygen atoms in total. The van der Waals surface area contributed by atoms with E-state index in [1.165, 1.54) is 7.11 Å². The van der Waals surface area contributed by atoms with E-state index in [-0.39, 0.29) is 12.2 Å². The number of methoxy groups -OCH3 is 1. The number of ether oxygens (including phenoxy) is 1. The van der Waals surface area contributed by atoms with E-state index in [9.17, 15) is 9.90 Å². The fourth-order valence-electron chi connectivity index (χ4n) is 1.75. The van der Waals surface area contributed by atoms with Crippen molar-refractivity contribution in [3.63, 3.8) is 0 Å². The van der Waals surface area contributed by atoms with Crippen molar-refractivity contribution in [1.29, 1.82) is 0 Å². The average Bonchev–Trinajstić information content (AvgIpc) is 2.25. The maximum absolute atomic E-state index is 11.1. The van der Waals surface area contributed by atoms with Gasteiger partial charge in [0.15, 0.2) is 0 Å². The molecule has 0 atom stereocenters. The molecule has 0 saturated heterocycles. The van der Waals surface area contributed by atoms with Crippen LogP contribution in [0.5, 0.6) is 11.5 Å². The second-order valence-electron chi connectivity index (χ2n) is 4.89. The molecule has 0 radical (unpaired) electrons. The summed E-state index contributed by atoms with van der Waals surface area (Å²) in [5, 5.41) is 19.5. The third-order valence-corrected chi connectivity index (χ3v) is 3.21. The Bertz CT molecular complexity index is 480. The third-order valence-electron chi connectivity index (χ3n) is 2.93. The molecule has 1 aromatic rings. The lowest BCUT2D eigenvalue weighted by molar-refractivity contribution is -0.146. The first-order chi connectivity index (χ1) is 8.20. The van der Waals surface area contributed by atoms with Gasteiger partial charge in [-0.05, 0) is 38.8 Å². The van der Waals surface area contributed by atoms with Gasteiger partial charge in [0.05, 0.1) is 17.5 Å². The van der Waals surface area contributed by atoms with Crippen molar-refractivity contribution in [3.05, 3.63) is 22.2 Å². The molecule has 0 bridgehead atoms. The number of carboxylic acids is 1. The molecule has 5 heteroatoms. The molecule has 0 fully saturated rings. The van der Waals surface area contributed by atoms with Crippen molar-refractivity contribution in [1.82, 2.24) is 0 Å². The highest BCUT2D eigenvalue weighted by atomic mass is 35.5. The highest BCUT2D eigenvalue weighted by Gasteiger charge is 2.29. The van der Waals surface area contributed by atoms with Crippen LogP contribution in [-0.2, 0) is 11.2 Å². The van der Waals surface area contributed by atoms with Crippen molar-refractivity contribution >= 4 is 17.6 Å². The first kappa shape index (κ1) is 14.6. The van der Waals surface area contributed by atoms with Gasteiger partial charge in [-0.25, -0.2) is 0 Å². The number of aromatic hydroxyl groups is 1. The maximum Gasteiger partial charge on any atom is 0.309 e. The standard InChI is InChI=1S/C13H17ClO4/c1-7-10(15)8(5-9(14)11(7)18-4)6-13(2,3)12(16)17/h5,15H,6H2,1-4H3,(H,16,17). The number of phenolic OH excluding ortho intramolecular Hbond substituents is 1. The molecule has 0 aliphatic rings. The van der Waals surface area contributed by atoms with E-state index in [1.807, 2.05) is 0 Å². The Morgan fingerprint density at radius 3 is 2.50 bits per heavy atom. The van der Waals surface area contributed by atoms with Crippen LogP contribution in [0.1, 0.15) is 25.0 Å².